The summed E-state index contributed by atoms with van der Waals surface area (Å²) in [6.07, 6.45) is 2.45. The molecule has 3 heterocycles. The highest BCUT2D eigenvalue weighted by molar-refractivity contribution is 7.89. The third-order valence-electron chi connectivity index (χ3n) is 5.75. The monoisotopic (exact) mass is 443 g/mol. The lowest BCUT2D eigenvalue weighted by atomic mass is 9.94. The summed E-state index contributed by atoms with van der Waals surface area (Å²) in [7, 11) is -2.38. The molecule has 4 rings (SSSR count). The summed E-state index contributed by atoms with van der Waals surface area (Å²) in [4.78, 5) is 30.4. The predicted molar refractivity (Wildman–Crippen MR) is 113 cm³/mol. The fourth-order valence-corrected chi connectivity index (χ4v) is 6.29. The van der Waals surface area contributed by atoms with Crippen molar-refractivity contribution >= 4 is 21.8 Å². The Morgan fingerprint density at radius 3 is 2.45 bits per heavy atom. The summed E-state index contributed by atoms with van der Waals surface area (Å²) in [6, 6.07) is 7.89. The van der Waals surface area contributed by atoms with E-state index >= 15 is 0 Å². The first-order chi connectivity index (χ1) is 14.7. The van der Waals surface area contributed by atoms with Gasteiger partial charge in [0.25, 0.3) is 11.8 Å². The average molecular weight is 444 g/mol. The van der Waals surface area contributed by atoms with Gasteiger partial charge in [-0.3, -0.25) is 19.5 Å². The van der Waals surface area contributed by atoms with Gasteiger partial charge in [-0.15, -0.1) is 0 Å². The number of piperidine rings is 1. The molecule has 0 bridgehead atoms. The van der Waals surface area contributed by atoms with Crippen molar-refractivity contribution in [3.63, 3.8) is 0 Å². The Morgan fingerprint density at radius 1 is 1.10 bits per heavy atom. The zero-order valence-corrected chi connectivity index (χ0v) is 18.6. The summed E-state index contributed by atoms with van der Waals surface area (Å²) in [5, 5.41) is 0. The van der Waals surface area contributed by atoms with Crippen molar-refractivity contribution in [2.45, 2.75) is 31.7 Å². The van der Waals surface area contributed by atoms with Crippen LogP contribution in [0, 0.1) is 11.8 Å². The van der Waals surface area contributed by atoms with Crippen molar-refractivity contribution in [3.05, 3.63) is 53.3 Å². The fourth-order valence-electron chi connectivity index (χ4n) is 4.40. The van der Waals surface area contributed by atoms with Crippen molar-refractivity contribution in [2.75, 3.05) is 20.2 Å². The Hall–Kier alpha value is -2.78. The van der Waals surface area contributed by atoms with Crippen molar-refractivity contribution in [1.82, 2.24) is 14.2 Å². The number of hydrogen-bond acceptors (Lipinski definition) is 6. The van der Waals surface area contributed by atoms with Crippen LogP contribution in [0.4, 0.5) is 0 Å². The number of hydrogen-bond donors (Lipinski definition) is 0. The minimum absolute atomic E-state index is 0.0449. The van der Waals surface area contributed by atoms with Gasteiger partial charge in [-0.1, -0.05) is 19.9 Å². The van der Waals surface area contributed by atoms with E-state index in [-0.39, 0.29) is 40.3 Å². The number of fused-ring (bicyclic) bond motifs is 1. The number of benzene rings is 1. The van der Waals surface area contributed by atoms with E-state index in [1.807, 2.05) is 13.8 Å². The van der Waals surface area contributed by atoms with E-state index in [9.17, 15) is 18.0 Å². The normalized spacial score (nSPS) is 22.0. The molecule has 0 radical (unpaired) electrons. The van der Waals surface area contributed by atoms with Crippen molar-refractivity contribution in [1.29, 1.82) is 0 Å². The SMILES string of the molecule is COc1ccc(CN2C(=O)c3cccnc3C2=O)cc1S(=O)(=O)N1C[C@@H](C)C[C@H](C)C1. The van der Waals surface area contributed by atoms with E-state index in [1.54, 1.807) is 24.3 Å². The van der Waals surface area contributed by atoms with Crippen LogP contribution in [-0.4, -0.2) is 54.6 Å². The predicted octanol–water partition coefficient (Wildman–Crippen LogP) is 2.55. The minimum atomic E-state index is -3.80. The number of carbonyl (C=O) groups excluding carboxylic acids is 2. The van der Waals surface area contributed by atoms with Gasteiger partial charge in [-0.25, -0.2) is 8.42 Å². The first kappa shape index (κ1) is 21.5. The first-order valence-electron chi connectivity index (χ1n) is 10.2. The van der Waals surface area contributed by atoms with Crippen molar-refractivity contribution < 1.29 is 22.7 Å². The molecule has 0 spiro atoms. The van der Waals surface area contributed by atoms with Crippen LogP contribution in [0.5, 0.6) is 5.75 Å². The van der Waals surface area contributed by atoms with Crippen LogP contribution in [0.25, 0.3) is 0 Å². The van der Waals surface area contributed by atoms with E-state index in [1.165, 1.54) is 23.7 Å². The molecule has 2 amide bonds. The van der Waals surface area contributed by atoms with E-state index in [2.05, 4.69) is 4.98 Å². The Labute approximate surface area is 181 Å². The number of nitrogens with zero attached hydrogens (tertiary/aromatic N) is 3. The molecule has 1 aromatic carbocycles. The van der Waals surface area contributed by atoms with Gasteiger partial charge in [0.2, 0.25) is 10.0 Å². The quantitative estimate of drug-likeness (QED) is 0.659. The van der Waals surface area contributed by atoms with Gasteiger partial charge in [-0.2, -0.15) is 4.31 Å². The largest absolute Gasteiger partial charge is 0.495 e. The lowest BCUT2D eigenvalue weighted by Gasteiger charge is -2.34. The standard InChI is InChI=1S/C22H25N3O5S/c1-14-9-15(2)12-24(11-14)31(28,29)19-10-16(6-7-18(19)30-3)13-25-21(26)17-5-4-8-23-20(17)22(25)27/h4-8,10,14-15H,9,11-13H2,1-3H3/t14-,15-/m0/s1. The Bertz CT molecular complexity index is 1100. The third-order valence-corrected chi connectivity index (χ3v) is 7.61. The Balaban J connectivity index is 1.66. The maximum absolute atomic E-state index is 13.4. The second kappa shape index (κ2) is 8.05. The third kappa shape index (κ3) is 3.83. The summed E-state index contributed by atoms with van der Waals surface area (Å²) < 4.78 is 33.7. The van der Waals surface area contributed by atoms with Gasteiger partial charge in [0, 0.05) is 19.3 Å². The maximum atomic E-state index is 13.4. The molecule has 0 unspecified atom stereocenters. The molecular weight excluding hydrogens is 418 g/mol. The molecule has 9 heteroatoms. The number of imide groups is 1. The number of carbonyl (C=O) groups is 2. The van der Waals surface area contributed by atoms with E-state index in [0.717, 1.165) is 11.3 Å². The van der Waals surface area contributed by atoms with Crippen LogP contribution >= 0.6 is 0 Å². The van der Waals surface area contributed by atoms with E-state index in [4.69, 9.17) is 4.74 Å². The molecule has 2 aliphatic heterocycles. The Morgan fingerprint density at radius 2 is 1.81 bits per heavy atom. The minimum Gasteiger partial charge on any atom is -0.495 e. The highest BCUT2D eigenvalue weighted by Gasteiger charge is 2.37. The molecule has 164 valence electrons. The number of pyridine rings is 1. The second-order valence-electron chi connectivity index (χ2n) is 8.35. The van der Waals surface area contributed by atoms with Crippen molar-refractivity contribution in [2.24, 2.45) is 11.8 Å². The van der Waals surface area contributed by atoms with E-state index in [0.29, 0.717) is 18.7 Å². The molecule has 0 saturated carbocycles. The van der Waals surface area contributed by atoms with Crippen molar-refractivity contribution in [3.8, 4) is 5.75 Å². The number of rotatable bonds is 5. The van der Waals surface area contributed by atoms with Crippen LogP contribution in [-0.2, 0) is 16.6 Å². The van der Waals surface area contributed by atoms with Gasteiger partial charge >= 0.3 is 0 Å². The number of aromatic nitrogens is 1. The topological polar surface area (TPSA) is 96.9 Å². The summed E-state index contributed by atoms with van der Waals surface area (Å²) >= 11 is 0. The highest BCUT2D eigenvalue weighted by atomic mass is 32.2. The molecule has 2 atom stereocenters. The summed E-state index contributed by atoms with van der Waals surface area (Å²) in [5.41, 5.74) is 0.891. The highest BCUT2D eigenvalue weighted by Crippen LogP contribution is 2.33. The number of ether oxygens (including phenoxy) is 1. The van der Waals surface area contributed by atoms with Crippen LogP contribution in [0.1, 0.15) is 46.7 Å². The van der Waals surface area contributed by atoms with Crippen LogP contribution in [0.15, 0.2) is 41.4 Å². The zero-order valence-electron chi connectivity index (χ0n) is 17.7. The zero-order chi connectivity index (χ0) is 22.3. The molecule has 2 aliphatic rings. The first-order valence-corrected chi connectivity index (χ1v) is 11.6. The molecule has 1 fully saturated rings. The average Bonchev–Trinajstić information content (AvgIpc) is 2.98. The van der Waals surface area contributed by atoms with Gasteiger partial charge < -0.3 is 4.74 Å². The van der Waals surface area contributed by atoms with E-state index < -0.39 is 21.8 Å². The fraction of sp³-hybridized carbons (Fsp3) is 0.409. The molecule has 8 nitrogen and oxygen atoms in total. The maximum Gasteiger partial charge on any atom is 0.280 e. The van der Waals surface area contributed by atoms with Gasteiger partial charge in [-0.05, 0) is 48.1 Å². The van der Waals surface area contributed by atoms with Gasteiger partial charge in [0.15, 0.2) is 0 Å². The Kier molecular flexibility index (Phi) is 5.57. The summed E-state index contributed by atoms with van der Waals surface area (Å²) in [6.45, 7) is 4.94. The van der Waals surface area contributed by atoms with Gasteiger partial charge in [0.1, 0.15) is 16.3 Å². The molecule has 31 heavy (non-hydrogen) atoms. The number of sulfonamides is 1. The lowest BCUT2D eigenvalue weighted by Crippen LogP contribution is -2.42. The van der Waals surface area contributed by atoms with Gasteiger partial charge in [0.05, 0.1) is 19.2 Å². The smallest absolute Gasteiger partial charge is 0.280 e. The van der Waals surface area contributed by atoms with Crippen LogP contribution in [0.3, 0.4) is 0 Å². The van der Waals surface area contributed by atoms with Crippen LogP contribution in [0.2, 0.25) is 0 Å². The molecule has 1 aromatic heterocycles. The molecule has 0 N–H and O–H groups in total. The number of amides is 2. The molecule has 1 saturated heterocycles. The lowest BCUT2D eigenvalue weighted by molar-refractivity contribution is 0.0640. The molecule has 0 aliphatic carbocycles. The molecular formula is C22H25N3O5S. The second-order valence-corrected chi connectivity index (χ2v) is 10.3. The summed E-state index contributed by atoms with van der Waals surface area (Å²) in [5.74, 6) is -0.165. The van der Waals surface area contributed by atoms with Crippen LogP contribution < -0.4 is 4.74 Å². The molecule has 2 aromatic rings. The number of methoxy groups -OCH3 is 1.